The Morgan fingerprint density at radius 2 is 2.40 bits per heavy atom. The summed E-state index contributed by atoms with van der Waals surface area (Å²) in [4.78, 5) is 17.2. The summed E-state index contributed by atoms with van der Waals surface area (Å²) in [5.74, 6) is 0. The quantitative estimate of drug-likeness (QED) is 0.723. The lowest BCUT2D eigenvalue weighted by molar-refractivity contribution is 0.112. The minimum atomic E-state index is 0.279. The van der Waals surface area contributed by atoms with E-state index in [-0.39, 0.29) is 5.15 Å². The molecule has 0 radical (unpaired) electrons. The number of carbonyl (C=O) groups excluding carboxylic acids is 1. The van der Waals surface area contributed by atoms with Crippen LogP contribution in [-0.4, -0.2) is 38.1 Å². The van der Waals surface area contributed by atoms with Crippen molar-refractivity contribution in [1.82, 2.24) is 4.98 Å². The van der Waals surface area contributed by atoms with Crippen LogP contribution in [0, 0.1) is 0 Å². The number of halogens is 1. The Bertz CT molecular complexity index is 330. The molecule has 0 saturated carbocycles. The summed E-state index contributed by atoms with van der Waals surface area (Å²) in [6, 6.07) is 0. The smallest absolute Gasteiger partial charge is 0.187 e. The van der Waals surface area contributed by atoms with E-state index in [1.807, 2.05) is 11.8 Å². The van der Waals surface area contributed by atoms with Gasteiger partial charge in [-0.25, -0.2) is 4.98 Å². The molecule has 0 N–H and O–H groups in total. The van der Waals surface area contributed by atoms with Crippen LogP contribution in [0.3, 0.4) is 0 Å². The van der Waals surface area contributed by atoms with Crippen LogP contribution in [0.15, 0.2) is 0 Å². The van der Waals surface area contributed by atoms with Crippen molar-refractivity contribution in [2.75, 3.05) is 31.7 Å². The molecule has 1 rings (SSSR count). The molecule has 15 heavy (non-hydrogen) atoms. The zero-order chi connectivity index (χ0) is 11.3. The molecule has 0 atom stereocenters. The molecule has 0 aliphatic rings. The van der Waals surface area contributed by atoms with Gasteiger partial charge in [0, 0.05) is 20.2 Å². The van der Waals surface area contributed by atoms with Crippen LogP contribution >= 0.6 is 22.9 Å². The molecule has 0 spiro atoms. The number of methoxy groups -OCH3 is 1. The van der Waals surface area contributed by atoms with Gasteiger partial charge >= 0.3 is 0 Å². The number of carbonyl (C=O) groups is 1. The fraction of sp³-hybridized carbons (Fsp3) is 0.556. The molecule has 0 saturated heterocycles. The van der Waals surface area contributed by atoms with Gasteiger partial charge in [-0.1, -0.05) is 22.9 Å². The summed E-state index contributed by atoms with van der Waals surface area (Å²) in [7, 11) is 1.65. The maximum atomic E-state index is 10.6. The van der Waals surface area contributed by atoms with Gasteiger partial charge in [-0.3, -0.25) is 4.79 Å². The summed E-state index contributed by atoms with van der Waals surface area (Å²) >= 11 is 7.09. The van der Waals surface area contributed by atoms with Crippen molar-refractivity contribution in [3.8, 4) is 0 Å². The van der Waals surface area contributed by atoms with Crippen molar-refractivity contribution in [2.24, 2.45) is 0 Å². The predicted octanol–water partition coefficient (Wildman–Crippen LogP) is 2.08. The van der Waals surface area contributed by atoms with Gasteiger partial charge in [0.15, 0.2) is 16.6 Å². The molecule has 1 aromatic heterocycles. The number of thiazole rings is 1. The number of aldehydes is 1. The zero-order valence-corrected chi connectivity index (χ0v) is 10.3. The van der Waals surface area contributed by atoms with E-state index >= 15 is 0 Å². The Morgan fingerprint density at radius 3 is 2.87 bits per heavy atom. The van der Waals surface area contributed by atoms with Crippen molar-refractivity contribution < 1.29 is 9.53 Å². The minimum Gasteiger partial charge on any atom is -0.383 e. The largest absolute Gasteiger partial charge is 0.383 e. The first-order valence-corrected chi connectivity index (χ1v) is 5.77. The van der Waals surface area contributed by atoms with E-state index in [0.717, 1.165) is 24.5 Å². The minimum absolute atomic E-state index is 0.279. The Labute approximate surface area is 97.8 Å². The number of hydrogen-bond donors (Lipinski definition) is 0. The monoisotopic (exact) mass is 248 g/mol. The van der Waals surface area contributed by atoms with Crippen molar-refractivity contribution in [1.29, 1.82) is 0 Å². The Morgan fingerprint density at radius 1 is 1.67 bits per heavy atom. The molecule has 1 aromatic rings. The van der Waals surface area contributed by atoms with Crippen LogP contribution in [0.4, 0.5) is 5.13 Å². The van der Waals surface area contributed by atoms with E-state index in [1.165, 1.54) is 11.3 Å². The van der Waals surface area contributed by atoms with Gasteiger partial charge < -0.3 is 9.64 Å². The van der Waals surface area contributed by atoms with E-state index < -0.39 is 0 Å². The molecular weight excluding hydrogens is 236 g/mol. The molecule has 84 valence electrons. The van der Waals surface area contributed by atoms with Gasteiger partial charge in [-0.05, 0) is 6.92 Å². The highest BCUT2D eigenvalue weighted by atomic mass is 35.5. The molecule has 0 aliphatic carbocycles. The fourth-order valence-electron chi connectivity index (χ4n) is 1.10. The van der Waals surface area contributed by atoms with Gasteiger partial charge in [0.2, 0.25) is 0 Å². The topological polar surface area (TPSA) is 42.4 Å². The summed E-state index contributed by atoms with van der Waals surface area (Å²) in [6.07, 6.45) is 0.730. The Hall–Kier alpha value is -0.650. The normalized spacial score (nSPS) is 10.3. The third-order valence-corrected chi connectivity index (χ3v) is 3.36. The second-order valence-electron chi connectivity index (χ2n) is 2.84. The molecular formula is C9H13ClN2O2S. The van der Waals surface area contributed by atoms with Crippen LogP contribution in [0.25, 0.3) is 0 Å². The van der Waals surface area contributed by atoms with Crippen molar-refractivity contribution >= 4 is 34.4 Å². The summed E-state index contributed by atoms with van der Waals surface area (Å²) in [5.41, 5.74) is 0. The molecule has 0 bridgehead atoms. The fourth-order valence-corrected chi connectivity index (χ4v) is 2.25. The summed E-state index contributed by atoms with van der Waals surface area (Å²) < 4.78 is 4.99. The molecule has 6 heteroatoms. The maximum Gasteiger partial charge on any atom is 0.187 e. The molecule has 4 nitrogen and oxygen atoms in total. The molecule has 0 aromatic carbocycles. The Kier molecular flexibility index (Phi) is 5.01. The molecule has 0 amide bonds. The standard InChI is InChI=1S/C9H13ClN2O2S/c1-3-12(4-5-14-2)9-11-8(10)7(6-13)15-9/h6H,3-5H2,1-2H3. The lowest BCUT2D eigenvalue weighted by Crippen LogP contribution is -2.26. The Balaban J connectivity index is 2.77. The van der Waals surface area contributed by atoms with Crippen LogP contribution in [0.5, 0.6) is 0 Å². The number of ether oxygens (including phenoxy) is 1. The molecule has 0 unspecified atom stereocenters. The number of hydrogen-bond acceptors (Lipinski definition) is 5. The van der Waals surface area contributed by atoms with E-state index in [1.54, 1.807) is 7.11 Å². The second-order valence-corrected chi connectivity index (χ2v) is 4.21. The summed E-state index contributed by atoms with van der Waals surface area (Å²) in [5, 5.41) is 1.04. The van der Waals surface area contributed by atoms with Crippen molar-refractivity contribution in [2.45, 2.75) is 6.92 Å². The SMILES string of the molecule is CCN(CCOC)c1nc(Cl)c(C=O)s1. The van der Waals surface area contributed by atoms with E-state index in [9.17, 15) is 4.79 Å². The van der Waals surface area contributed by atoms with E-state index in [4.69, 9.17) is 16.3 Å². The number of likely N-dealkylation sites (N-methyl/N-ethyl adjacent to an activating group) is 1. The second kappa shape index (κ2) is 6.05. The van der Waals surface area contributed by atoms with Crippen molar-refractivity contribution in [3.05, 3.63) is 10.0 Å². The first-order valence-electron chi connectivity index (χ1n) is 4.58. The third kappa shape index (κ3) is 3.15. The van der Waals surface area contributed by atoms with Crippen LogP contribution < -0.4 is 4.90 Å². The molecule has 0 fully saturated rings. The zero-order valence-electron chi connectivity index (χ0n) is 8.70. The van der Waals surface area contributed by atoms with Gasteiger partial charge in [0.05, 0.1) is 6.61 Å². The molecule has 1 heterocycles. The van der Waals surface area contributed by atoms with Gasteiger partial charge in [-0.2, -0.15) is 0 Å². The van der Waals surface area contributed by atoms with Crippen LogP contribution in [0.2, 0.25) is 5.15 Å². The van der Waals surface area contributed by atoms with Gasteiger partial charge in [-0.15, -0.1) is 0 Å². The number of aromatic nitrogens is 1. The first kappa shape index (κ1) is 12.4. The van der Waals surface area contributed by atoms with Crippen molar-refractivity contribution in [3.63, 3.8) is 0 Å². The summed E-state index contributed by atoms with van der Waals surface area (Å²) in [6.45, 7) is 4.20. The average molecular weight is 249 g/mol. The highest BCUT2D eigenvalue weighted by molar-refractivity contribution is 7.17. The van der Waals surface area contributed by atoms with Gasteiger partial charge in [0.25, 0.3) is 0 Å². The lowest BCUT2D eigenvalue weighted by atomic mass is 10.5. The maximum absolute atomic E-state index is 10.6. The predicted molar refractivity (Wildman–Crippen MR) is 62.3 cm³/mol. The number of nitrogens with zero attached hydrogens (tertiary/aromatic N) is 2. The van der Waals surface area contributed by atoms with E-state index in [2.05, 4.69) is 4.98 Å². The van der Waals surface area contributed by atoms with Gasteiger partial charge in [0.1, 0.15) is 4.88 Å². The van der Waals surface area contributed by atoms with E-state index in [0.29, 0.717) is 11.5 Å². The van der Waals surface area contributed by atoms with Crippen LogP contribution in [0.1, 0.15) is 16.6 Å². The highest BCUT2D eigenvalue weighted by Crippen LogP contribution is 2.27. The number of anilines is 1. The number of rotatable bonds is 6. The average Bonchev–Trinajstić information content (AvgIpc) is 2.61. The molecule has 0 aliphatic heterocycles. The third-order valence-electron chi connectivity index (χ3n) is 1.92. The van der Waals surface area contributed by atoms with Crippen LogP contribution in [-0.2, 0) is 4.74 Å². The first-order chi connectivity index (χ1) is 7.22. The lowest BCUT2D eigenvalue weighted by Gasteiger charge is -2.18. The highest BCUT2D eigenvalue weighted by Gasteiger charge is 2.13.